The van der Waals surface area contributed by atoms with E-state index in [4.69, 9.17) is 0 Å². The molecule has 34 heavy (non-hydrogen) atoms. The van der Waals surface area contributed by atoms with E-state index >= 15 is 0 Å². The Bertz CT molecular complexity index is 880. The second-order valence-electron chi connectivity index (χ2n) is 12.4. The Hall–Kier alpha value is -1.02. The summed E-state index contributed by atoms with van der Waals surface area (Å²) >= 11 is 1.43. The number of aromatic nitrogens is 1. The smallest absolute Gasteiger partial charge is 0.226 e. The normalized spacial score (nSPS) is 46.8. The van der Waals surface area contributed by atoms with Crippen LogP contribution in [0.25, 0.3) is 0 Å². The van der Waals surface area contributed by atoms with Crippen LogP contribution in [0.1, 0.15) is 78.6 Å². The van der Waals surface area contributed by atoms with E-state index in [1.165, 1.54) is 11.3 Å². The molecule has 4 aliphatic carbocycles. The van der Waals surface area contributed by atoms with Crippen molar-refractivity contribution in [1.82, 2.24) is 4.98 Å². The zero-order valence-corrected chi connectivity index (χ0v) is 21.6. The maximum absolute atomic E-state index is 12.4. The second-order valence-corrected chi connectivity index (χ2v) is 13.3. The molecule has 0 aliphatic heterocycles. The summed E-state index contributed by atoms with van der Waals surface area (Å²) in [6.07, 6.45) is 8.26. The van der Waals surface area contributed by atoms with Crippen molar-refractivity contribution in [2.24, 2.45) is 46.3 Å². The van der Waals surface area contributed by atoms with Crippen molar-refractivity contribution in [3.8, 4) is 0 Å². The van der Waals surface area contributed by atoms with Gasteiger partial charge in [0.1, 0.15) is 0 Å². The molecule has 6 nitrogen and oxygen atoms in total. The van der Waals surface area contributed by atoms with Crippen molar-refractivity contribution < 1.29 is 20.1 Å². The minimum Gasteiger partial charge on any atom is -0.393 e. The monoisotopic (exact) mass is 490 g/mol. The maximum atomic E-state index is 12.4. The molecule has 0 saturated heterocycles. The number of rotatable bonds is 5. The standard InChI is InChI=1S/C27H42N2O4S/c1-15(4-7-23(33)29-25-28-10-11-34-25)18-5-6-19-24-20(14-22(32)27(18,19)3)26(2)9-8-17(30)12-16(26)13-21(24)31/h10-11,15-22,24,30-32H,4-9,12-14H2,1-3H3,(H,28,29,33)/t15-,16+,17-,18-,19+,20+,21-,22+,24+,26+,27-/m1/s1. The molecule has 190 valence electrons. The van der Waals surface area contributed by atoms with E-state index in [0.717, 1.165) is 51.4 Å². The van der Waals surface area contributed by atoms with Crippen molar-refractivity contribution in [3.63, 3.8) is 0 Å². The molecule has 4 N–H and O–H groups in total. The van der Waals surface area contributed by atoms with E-state index < -0.39 is 0 Å². The lowest BCUT2D eigenvalue weighted by molar-refractivity contribution is -0.207. The van der Waals surface area contributed by atoms with E-state index in [9.17, 15) is 20.1 Å². The average Bonchev–Trinajstić information content (AvgIpc) is 3.42. The molecule has 7 heteroatoms. The Balaban J connectivity index is 1.30. The van der Waals surface area contributed by atoms with Crippen molar-refractivity contribution in [3.05, 3.63) is 11.6 Å². The molecule has 0 radical (unpaired) electrons. The van der Waals surface area contributed by atoms with Crippen molar-refractivity contribution >= 4 is 22.4 Å². The molecule has 11 atom stereocenters. The third-order valence-electron chi connectivity index (χ3n) is 11.0. The van der Waals surface area contributed by atoms with E-state index in [-0.39, 0.29) is 41.0 Å². The van der Waals surface area contributed by atoms with Gasteiger partial charge in [0, 0.05) is 18.0 Å². The second kappa shape index (κ2) is 9.13. The zero-order valence-electron chi connectivity index (χ0n) is 20.8. The lowest BCUT2D eigenvalue weighted by atomic mass is 9.43. The number of nitrogens with one attached hydrogen (secondary N) is 1. The molecule has 1 aromatic rings. The molecule has 4 fully saturated rings. The van der Waals surface area contributed by atoms with Gasteiger partial charge in [0.25, 0.3) is 0 Å². The van der Waals surface area contributed by atoms with Crippen molar-refractivity contribution in [2.45, 2.75) is 96.9 Å². The third kappa shape index (κ3) is 3.95. The Morgan fingerprint density at radius 2 is 1.97 bits per heavy atom. The Morgan fingerprint density at radius 1 is 1.18 bits per heavy atom. The summed E-state index contributed by atoms with van der Waals surface area (Å²) in [6.45, 7) is 6.89. The molecule has 5 rings (SSSR count). The number of nitrogens with zero attached hydrogens (tertiary/aromatic N) is 1. The number of hydrogen-bond acceptors (Lipinski definition) is 6. The SMILES string of the molecule is C[C@H](CCC(=O)Nc1nccs1)[C@H]1CC[C@H]2[C@@H]3[C@H](O)C[C@@H]4C[C@H](O)CC[C@]4(C)[C@H]3C[C@H](O)[C@]12C. The third-order valence-corrected chi connectivity index (χ3v) is 11.7. The van der Waals surface area contributed by atoms with Gasteiger partial charge in [-0.25, -0.2) is 4.98 Å². The van der Waals surface area contributed by atoms with Gasteiger partial charge in [0.05, 0.1) is 18.3 Å². The first kappa shape index (κ1) is 24.7. The highest BCUT2D eigenvalue weighted by atomic mass is 32.1. The number of hydrogen-bond donors (Lipinski definition) is 4. The summed E-state index contributed by atoms with van der Waals surface area (Å²) in [5.41, 5.74) is -0.117. The lowest BCUT2D eigenvalue weighted by Crippen LogP contribution is -2.62. The molecule has 1 amide bonds. The first-order chi connectivity index (χ1) is 16.1. The first-order valence-electron chi connectivity index (χ1n) is 13.4. The topological polar surface area (TPSA) is 103 Å². The fraction of sp³-hybridized carbons (Fsp3) is 0.852. The van der Waals surface area contributed by atoms with Gasteiger partial charge in [0.15, 0.2) is 5.13 Å². The summed E-state index contributed by atoms with van der Waals surface area (Å²) in [7, 11) is 0. The molecule has 1 aromatic heterocycles. The van der Waals surface area contributed by atoms with Crippen LogP contribution in [0.2, 0.25) is 0 Å². The van der Waals surface area contributed by atoms with Crippen LogP contribution in [0, 0.1) is 46.3 Å². The molecule has 0 aromatic carbocycles. The molecule has 0 spiro atoms. The lowest BCUT2D eigenvalue weighted by Gasteiger charge is -2.63. The summed E-state index contributed by atoms with van der Waals surface area (Å²) in [4.78, 5) is 16.6. The Labute approximate surface area is 207 Å². The average molecular weight is 491 g/mol. The highest BCUT2D eigenvalue weighted by Gasteiger charge is 2.65. The summed E-state index contributed by atoms with van der Waals surface area (Å²) < 4.78 is 0. The largest absolute Gasteiger partial charge is 0.393 e. The van der Waals surface area contributed by atoms with E-state index in [1.807, 2.05) is 5.38 Å². The number of carbonyl (C=O) groups excluding carboxylic acids is 1. The van der Waals surface area contributed by atoms with Gasteiger partial charge >= 0.3 is 0 Å². The van der Waals surface area contributed by atoms with Gasteiger partial charge in [-0.05, 0) is 97.7 Å². The summed E-state index contributed by atoms with van der Waals surface area (Å²) in [6, 6.07) is 0. The molecule has 4 saturated carbocycles. The predicted octanol–water partition coefficient (Wildman–Crippen LogP) is 4.46. The van der Waals surface area contributed by atoms with Gasteiger partial charge < -0.3 is 20.6 Å². The van der Waals surface area contributed by atoms with E-state index in [1.54, 1.807) is 6.20 Å². The summed E-state index contributed by atoms with van der Waals surface area (Å²) in [5, 5.41) is 38.7. The minimum absolute atomic E-state index is 0.00640. The van der Waals surface area contributed by atoms with Gasteiger partial charge in [-0.1, -0.05) is 20.8 Å². The molecule has 4 aliphatic rings. The van der Waals surface area contributed by atoms with Crippen LogP contribution in [0.5, 0.6) is 0 Å². The van der Waals surface area contributed by atoms with E-state index in [2.05, 4.69) is 31.1 Å². The number of fused-ring (bicyclic) bond motifs is 5. The molecule has 1 heterocycles. The molecule has 0 bridgehead atoms. The summed E-state index contributed by atoms with van der Waals surface area (Å²) in [5.74, 6) is 1.90. The fourth-order valence-corrected chi connectivity index (χ4v) is 9.70. The van der Waals surface area contributed by atoms with Crippen LogP contribution in [0.3, 0.4) is 0 Å². The number of aliphatic hydroxyl groups excluding tert-OH is 3. The molecule has 0 unspecified atom stereocenters. The Kier molecular flexibility index (Phi) is 6.62. The quantitative estimate of drug-likeness (QED) is 0.488. The minimum atomic E-state index is -0.382. The Morgan fingerprint density at radius 3 is 2.71 bits per heavy atom. The van der Waals surface area contributed by atoms with Gasteiger partial charge in [0.2, 0.25) is 5.91 Å². The highest BCUT2D eigenvalue weighted by molar-refractivity contribution is 7.13. The maximum Gasteiger partial charge on any atom is 0.226 e. The van der Waals surface area contributed by atoms with Crippen LogP contribution in [0.15, 0.2) is 11.6 Å². The first-order valence-corrected chi connectivity index (χ1v) is 14.3. The van der Waals surface area contributed by atoms with E-state index in [0.29, 0.717) is 41.1 Å². The van der Waals surface area contributed by atoms with Crippen LogP contribution < -0.4 is 5.32 Å². The van der Waals surface area contributed by atoms with Crippen LogP contribution >= 0.6 is 11.3 Å². The van der Waals surface area contributed by atoms with Gasteiger partial charge in [-0.3, -0.25) is 4.79 Å². The van der Waals surface area contributed by atoms with Crippen LogP contribution in [-0.2, 0) is 4.79 Å². The fourth-order valence-electron chi connectivity index (χ4n) is 9.16. The number of anilines is 1. The number of thiazole rings is 1. The van der Waals surface area contributed by atoms with Crippen molar-refractivity contribution in [2.75, 3.05) is 5.32 Å². The van der Waals surface area contributed by atoms with Gasteiger partial charge in [-0.15, -0.1) is 11.3 Å². The molecular formula is C27H42N2O4S. The van der Waals surface area contributed by atoms with Crippen LogP contribution in [0.4, 0.5) is 5.13 Å². The molecular weight excluding hydrogens is 448 g/mol. The van der Waals surface area contributed by atoms with Crippen LogP contribution in [-0.4, -0.2) is 44.5 Å². The number of aliphatic hydroxyl groups is 3. The number of amides is 1. The van der Waals surface area contributed by atoms with Gasteiger partial charge in [-0.2, -0.15) is 0 Å². The van der Waals surface area contributed by atoms with Crippen molar-refractivity contribution in [1.29, 1.82) is 0 Å². The number of carbonyl (C=O) groups is 1. The zero-order chi connectivity index (χ0) is 24.3. The predicted molar refractivity (Wildman–Crippen MR) is 133 cm³/mol. The highest BCUT2D eigenvalue weighted by Crippen LogP contribution is 2.68.